The van der Waals surface area contributed by atoms with Crippen LogP contribution in [-0.4, -0.2) is 10.5 Å². The van der Waals surface area contributed by atoms with Gasteiger partial charge in [-0.15, -0.1) is 0 Å². The van der Waals surface area contributed by atoms with Gasteiger partial charge >= 0.3 is 0 Å². The molecule has 3 rings (SSSR count). The van der Waals surface area contributed by atoms with Gasteiger partial charge in [-0.2, -0.15) is 0 Å². The number of nitrogens with zero attached hydrogens (tertiary/aromatic N) is 1. The van der Waals surface area contributed by atoms with Crippen LogP contribution in [0.5, 0.6) is 0 Å². The Bertz CT molecular complexity index is 746. The van der Waals surface area contributed by atoms with Crippen molar-refractivity contribution in [2.24, 2.45) is 0 Å². The molecule has 3 nitrogen and oxygen atoms in total. The van der Waals surface area contributed by atoms with Gasteiger partial charge in [0, 0.05) is 11.7 Å². The molecular formula is C18H18N2O. The maximum atomic E-state index is 12.2. The summed E-state index contributed by atoms with van der Waals surface area (Å²) in [4.78, 5) is 12.2. The highest BCUT2D eigenvalue weighted by molar-refractivity contribution is 5.83. The topological polar surface area (TPSA) is 34.0 Å². The van der Waals surface area contributed by atoms with Gasteiger partial charge in [-0.05, 0) is 30.0 Å². The molecule has 0 saturated carbocycles. The summed E-state index contributed by atoms with van der Waals surface area (Å²) < 4.78 is 1.97. The lowest BCUT2D eigenvalue weighted by molar-refractivity contribution is -0.122. The second kappa shape index (κ2) is 5.83. The van der Waals surface area contributed by atoms with Crippen LogP contribution in [0, 0.1) is 0 Å². The number of benzene rings is 2. The van der Waals surface area contributed by atoms with Crippen LogP contribution in [0.3, 0.4) is 0 Å². The summed E-state index contributed by atoms with van der Waals surface area (Å²) in [5, 5.41) is 4.19. The maximum Gasteiger partial charge on any atom is 0.240 e. The quantitative estimate of drug-likeness (QED) is 0.778. The van der Waals surface area contributed by atoms with Gasteiger partial charge in [-0.1, -0.05) is 48.5 Å². The molecule has 1 unspecified atom stereocenters. The van der Waals surface area contributed by atoms with Crippen LogP contribution in [0.1, 0.15) is 18.5 Å². The normalized spacial score (nSPS) is 12.2. The number of carbonyl (C=O) groups excluding carboxylic acids is 1. The zero-order valence-corrected chi connectivity index (χ0v) is 12.0. The van der Waals surface area contributed by atoms with Crippen molar-refractivity contribution >= 4 is 16.8 Å². The zero-order valence-electron chi connectivity index (χ0n) is 12.0. The van der Waals surface area contributed by atoms with Gasteiger partial charge in [-0.3, -0.25) is 4.79 Å². The fraction of sp³-hybridized carbons (Fsp3) is 0.167. The standard InChI is InChI=1S/C18H18N2O/c1-14(15-7-3-2-4-8-15)19-18(21)13-20-12-11-16-9-5-6-10-17(16)20/h2-12,14H,13H2,1H3,(H,19,21). The van der Waals surface area contributed by atoms with Crippen molar-refractivity contribution in [1.29, 1.82) is 0 Å². The monoisotopic (exact) mass is 278 g/mol. The van der Waals surface area contributed by atoms with E-state index in [-0.39, 0.29) is 11.9 Å². The van der Waals surface area contributed by atoms with Crippen molar-refractivity contribution in [3.05, 3.63) is 72.4 Å². The highest BCUT2D eigenvalue weighted by Gasteiger charge is 2.10. The van der Waals surface area contributed by atoms with Crippen LogP contribution in [0.25, 0.3) is 10.9 Å². The Labute approximate surface area is 124 Å². The van der Waals surface area contributed by atoms with Crippen molar-refractivity contribution in [3.63, 3.8) is 0 Å². The average Bonchev–Trinajstić information content (AvgIpc) is 2.91. The first kappa shape index (κ1) is 13.4. The summed E-state index contributed by atoms with van der Waals surface area (Å²) >= 11 is 0. The van der Waals surface area contributed by atoms with Crippen LogP contribution >= 0.6 is 0 Å². The van der Waals surface area contributed by atoms with Gasteiger partial charge in [0.2, 0.25) is 5.91 Å². The van der Waals surface area contributed by atoms with E-state index in [1.165, 1.54) is 0 Å². The smallest absolute Gasteiger partial charge is 0.240 e. The molecule has 0 aliphatic heterocycles. The molecule has 2 aromatic carbocycles. The molecule has 1 amide bonds. The summed E-state index contributed by atoms with van der Waals surface area (Å²) in [7, 11) is 0. The van der Waals surface area contributed by atoms with Gasteiger partial charge in [0.15, 0.2) is 0 Å². The molecule has 1 N–H and O–H groups in total. The highest BCUT2D eigenvalue weighted by atomic mass is 16.2. The molecule has 0 aliphatic carbocycles. The van der Waals surface area contributed by atoms with Crippen LogP contribution in [0.15, 0.2) is 66.9 Å². The van der Waals surface area contributed by atoms with E-state index in [1.807, 2.05) is 72.3 Å². The lowest BCUT2D eigenvalue weighted by Gasteiger charge is -2.15. The van der Waals surface area contributed by atoms with E-state index in [0.29, 0.717) is 6.54 Å². The molecule has 3 heteroatoms. The Morgan fingerprint density at radius 1 is 1.05 bits per heavy atom. The molecule has 0 spiro atoms. The van der Waals surface area contributed by atoms with Gasteiger partial charge in [0.1, 0.15) is 6.54 Å². The average molecular weight is 278 g/mol. The number of hydrogen-bond acceptors (Lipinski definition) is 1. The number of amides is 1. The molecule has 0 bridgehead atoms. The summed E-state index contributed by atoms with van der Waals surface area (Å²) in [6.07, 6.45) is 1.96. The van der Waals surface area contributed by atoms with E-state index >= 15 is 0 Å². The summed E-state index contributed by atoms with van der Waals surface area (Å²) in [5.74, 6) is 0.0210. The van der Waals surface area contributed by atoms with E-state index in [9.17, 15) is 4.79 Å². The van der Waals surface area contributed by atoms with Crippen LogP contribution in [0.4, 0.5) is 0 Å². The third-order valence-electron chi connectivity index (χ3n) is 3.67. The molecule has 0 radical (unpaired) electrons. The lowest BCUT2D eigenvalue weighted by Crippen LogP contribution is -2.29. The Kier molecular flexibility index (Phi) is 3.73. The minimum absolute atomic E-state index is 0.0144. The van der Waals surface area contributed by atoms with E-state index < -0.39 is 0 Å². The van der Waals surface area contributed by atoms with E-state index in [1.54, 1.807) is 0 Å². The first-order chi connectivity index (χ1) is 10.2. The molecule has 21 heavy (non-hydrogen) atoms. The first-order valence-electron chi connectivity index (χ1n) is 7.12. The number of aromatic nitrogens is 1. The maximum absolute atomic E-state index is 12.2. The summed E-state index contributed by atoms with van der Waals surface area (Å²) in [5.41, 5.74) is 2.20. The Balaban J connectivity index is 1.69. The summed E-state index contributed by atoms with van der Waals surface area (Å²) in [6, 6.07) is 20.1. The summed E-state index contributed by atoms with van der Waals surface area (Å²) in [6.45, 7) is 2.34. The molecule has 106 valence electrons. The van der Waals surface area contributed by atoms with Crippen molar-refractivity contribution < 1.29 is 4.79 Å². The minimum atomic E-state index is 0.0144. The predicted octanol–water partition coefficient (Wildman–Crippen LogP) is 3.52. The number of nitrogens with one attached hydrogen (secondary N) is 1. The van der Waals surface area contributed by atoms with Gasteiger partial charge < -0.3 is 9.88 Å². The molecule has 0 fully saturated rings. The number of para-hydroxylation sites is 1. The molecule has 1 atom stereocenters. The van der Waals surface area contributed by atoms with Gasteiger partial charge in [-0.25, -0.2) is 0 Å². The predicted molar refractivity (Wildman–Crippen MR) is 84.9 cm³/mol. The van der Waals surface area contributed by atoms with Crippen molar-refractivity contribution in [2.75, 3.05) is 0 Å². The fourth-order valence-electron chi connectivity index (χ4n) is 2.55. The fourth-order valence-corrected chi connectivity index (χ4v) is 2.55. The van der Waals surface area contributed by atoms with E-state index in [0.717, 1.165) is 16.5 Å². The third-order valence-corrected chi connectivity index (χ3v) is 3.67. The van der Waals surface area contributed by atoms with Crippen molar-refractivity contribution in [1.82, 2.24) is 9.88 Å². The minimum Gasteiger partial charge on any atom is -0.348 e. The largest absolute Gasteiger partial charge is 0.348 e. The Morgan fingerprint density at radius 2 is 1.76 bits per heavy atom. The molecule has 1 aromatic heterocycles. The number of carbonyl (C=O) groups is 1. The molecule has 0 saturated heterocycles. The SMILES string of the molecule is CC(NC(=O)Cn1ccc2ccccc21)c1ccccc1. The lowest BCUT2D eigenvalue weighted by atomic mass is 10.1. The molecule has 0 aliphatic rings. The number of hydrogen-bond donors (Lipinski definition) is 1. The van der Waals surface area contributed by atoms with Crippen molar-refractivity contribution in [3.8, 4) is 0 Å². The van der Waals surface area contributed by atoms with E-state index in [2.05, 4.69) is 11.4 Å². The second-order valence-electron chi connectivity index (χ2n) is 5.20. The van der Waals surface area contributed by atoms with Crippen LogP contribution < -0.4 is 5.32 Å². The molecule has 1 heterocycles. The third kappa shape index (κ3) is 2.97. The number of fused-ring (bicyclic) bond motifs is 1. The van der Waals surface area contributed by atoms with Crippen LogP contribution in [0.2, 0.25) is 0 Å². The number of rotatable bonds is 4. The Morgan fingerprint density at radius 3 is 2.57 bits per heavy atom. The van der Waals surface area contributed by atoms with Gasteiger partial charge in [0.25, 0.3) is 0 Å². The van der Waals surface area contributed by atoms with Crippen molar-refractivity contribution in [2.45, 2.75) is 19.5 Å². The zero-order chi connectivity index (χ0) is 14.7. The highest BCUT2D eigenvalue weighted by Crippen LogP contribution is 2.15. The van der Waals surface area contributed by atoms with E-state index in [4.69, 9.17) is 0 Å². The van der Waals surface area contributed by atoms with Gasteiger partial charge in [0.05, 0.1) is 6.04 Å². The van der Waals surface area contributed by atoms with Crippen LogP contribution in [-0.2, 0) is 11.3 Å². The molecule has 3 aromatic rings. The Hall–Kier alpha value is -2.55. The molecular weight excluding hydrogens is 260 g/mol. The second-order valence-corrected chi connectivity index (χ2v) is 5.20. The first-order valence-corrected chi connectivity index (χ1v) is 7.12.